The lowest BCUT2D eigenvalue weighted by molar-refractivity contribution is 0.155. The Kier molecular flexibility index (Phi) is 4.98. The van der Waals surface area contributed by atoms with Crippen molar-refractivity contribution in [3.63, 3.8) is 0 Å². The highest BCUT2D eigenvalue weighted by atomic mass is 32.2. The van der Waals surface area contributed by atoms with E-state index in [4.69, 9.17) is 0 Å². The van der Waals surface area contributed by atoms with Crippen LogP contribution >= 0.6 is 11.8 Å². The number of hydrogen-bond donors (Lipinski definition) is 1. The van der Waals surface area contributed by atoms with E-state index in [1.807, 2.05) is 0 Å². The summed E-state index contributed by atoms with van der Waals surface area (Å²) in [5.74, 6) is 2.73. The minimum absolute atomic E-state index is 0.729. The van der Waals surface area contributed by atoms with Gasteiger partial charge in [0.15, 0.2) is 0 Å². The molecule has 2 aliphatic heterocycles. The van der Waals surface area contributed by atoms with Crippen LogP contribution < -0.4 is 5.32 Å². The number of hydrogen-bond acceptors (Lipinski definition) is 3. The third-order valence-electron chi connectivity index (χ3n) is 3.95. The van der Waals surface area contributed by atoms with Crippen LogP contribution in [-0.2, 0) is 0 Å². The first-order chi connectivity index (χ1) is 7.75. The van der Waals surface area contributed by atoms with Crippen LogP contribution in [0.3, 0.4) is 0 Å². The molecule has 0 aliphatic carbocycles. The maximum absolute atomic E-state index is 3.88. The van der Waals surface area contributed by atoms with Gasteiger partial charge in [-0.15, -0.1) is 0 Å². The van der Waals surface area contributed by atoms with Gasteiger partial charge in [0.25, 0.3) is 0 Å². The van der Waals surface area contributed by atoms with E-state index in [0.29, 0.717) is 0 Å². The first-order valence-electron chi connectivity index (χ1n) is 6.83. The van der Waals surface area contributed by atoms with Gasteiger partial charge in [0.1, 0.15) is 0 Å². The van der Waals surface area contributed by atoms with E-state index in [1.54, 1.807) is 0 Å². The summed E-state index contributed by atoms with van der Waals surface area (Å²) in [6.45, 7) is 7.20. The number of nitrogens with one attached hydrogen (secondary N) is 1. The molecule has 3 heteroatoms. The van der Waals surface area contributed by atoms with Gasteiger partial charge in [-0.1, -0.05) is 0 Å². The van der Waals surface area contributed by atoms with Gasteiger partial charge in [0.05, 0.1) is 0 Å². The molecule has 2 heterocycles. The third-order valence-corrected chi connectivity index (χ3v) is 5.00. The largest absolute Gasteiger partial charge is 0.311 e. The van der Waals surface area contributed by atoms with Gasteiger partial charge in [0.2, 0.25) is 0 Å². The molecular formula is C13H26N2S. The average Bonchev–Trinajstić information content (AvgIpc) is 2.31. The van der Waals surface area contributed by atoms with Crippen molar-refractivity contribution in [1.29, 1.82) is 0 Å². The van der Waals surface area contributed by atoms with Crippen molar-refractivity contribution in [3.05, 3.63) is 0 Å². The summed E-state index contributed by atoms with van der Waals surface area (Å²) in [6.07, 6.45) is 5.47. The van der Waals surface area contributed by atoms with Crippen LogP contribution in [0.25, 0.3) is 0 Å². The topological polar surface area (TPSA) is 15.3 Å². The normalized spacial score (nSPS) is 26.4. The van der Waals surface area contributed by atoms with Crippen molar-refractivity contribution >= 4 is 11.8 Å². The molecule has 0 spiro atoms. The molecule has 0 aromatic rings. The van der Waals surface area contributed by atoms with Gasteiger partial charge in [-0.25, -0.2) is 0 Å². The Bertz CT molecular complexity index is 194. The van der Waals surface area contributed by atoms with Gasteiger partial charge in [-0.3, -0.25) is 0 Å². The molecule has 0 unspecified atom stereocenters. The number of nitrogens with zero attached hydrogens (tertiary/aromatic N) is 1. The molecule has 16 heavy (non-hydrogen) atoms. The van der Waals surface area contributed by atoms with Crippen LogP contribution in [0.2, 0.25) is 0 Å². The molecule has 2 saturated heterocycles. The molecule has 0 aromatic carbocycles. The van der Waals surface area contributed by atoms with E-state index in [0.717, 1.165) is 18.1 Å². The first kappa shape index (κ1) is 12.7. The Morgan fingerprint density at radius 3 is 2.12 bits per heavy atom. The first-order valence-corrected chi connectivity index (χ1v) is 7.99. The average molecular weight is 242 g/mol. The third kappa shape index (κ3) is 3.64. The van der Waals surface area contributed by atoms with Crippen LogP contribution in [0.5, 0.6) is 0 Å². The number of likely N-dealkylation sites (tertiary alicyclic amines) is 1. The molecule has 0 amide bonds. The fraction of sp³-hybridized carbons (Fsp3) is 1.00. The second-order valence-electron chi connectivity index (χ2n) is 5.46. The van der Waals surface area contributed by atoms with E-state index in [2.05, 4.69) is 35.8 Å². The van der Waals surface area contributed by atoms with Crippen LogP contribution in [0, 0.1) is 0 Å². The summed E-state index contributed by atoms with van der Waals surface area (Å²) in [4.78, 5) is 2.61. The van der Waals surface area contributed by atoms with Crippen LogP contribution in [0.4, 0.5) is 0 Å². The number of piperidine rings is 1. The van der Waals surface area contributed by atoms with Crippen molar-refractivity contribution < 1.29 is 0 Å². The maximum atomic E-state index is 3.88. The molecule has 0 aromatic heterocycles. The molecule has 2 fully saturated rings. The fourth-order valence-electron chi connectivity index (χ4n) is 2.78. The van der Waals surface area contributed by atoms with E-state index < -0.39 is 0 Å². The van der Waals surface area contributed by atoms with Crippen molar-refractivity contribution in [2.75, 3.05) is 24.6 Å². The molecule has 0 bridgehead atoms. The smallest absolute Gasteiger partial charge is 0.00940 e. The zero-order valence-corrected chi connectivity index (χ0v) is 11.6. The van der Waals surface area contributed by atoms with E-state index in [1.165, 1.54) is 50.3 Å². The van der Waals surface area contributed by atoms with Gasteiger partial charge in [-0.2, -0.15) is 11.8 Å². The number of rotatable bonds is 3. The van der Waals surface area contributed by atoms with Crippen molar-refractivity contribution in [1.82, 2.24) is 10.2 Å². The summed E-state index contributed by atoms with van der Waals surface area (Å²) in [5, 5.41) is 3.88. The lowest BCUT2D eigenvalue weighted by Crippen LogP contribution is -2.48. The van der Waals surface area contributed by atoms with Crippen LogP contribution in [0.1, 0.15) is 39.5 Å². The molecule has 0 radical (unpaired) electrons. The predicted molar refractivity (Wildman–Crippen MR) is 73.2 cm³/mol. The van der Waals surface area contributed by atoms with E-state index in [9.17, 15) is 0 Å². The molecule has 0 saturated carbocycles. The Morgan fingerprint density at radius 1 is 1.00 bits per heavy atom. The molecule has 94 valence electrons. The second-order valence-corrected chi connectivity index (χ2v) is 6.68. The zero-order valence-electron chi connectivity index (χ0n) is 10.7. The Labute approximate surface area is 105 Å². The van der Waals surface area contributed by atoms with Crippen molar-refractivity contribution in [2.24, 2.45) is 0 Å². The molecule has 2 rings (SSSR count). The monoisotopic (exact) mass is 242 g/mol. The van der Waals surface area contributed by atoms with Crippen LogP contribution in [0.15, 0.2) is 0 Å². The summed E-state index contributed by atoms with van der Waals surface area (Å²) in [6, 6.07) is 2.34. The Hall–Kier alpha value is 0.270. The standard InChI is InChI=1S/C13H26N2S/c1-11(2)15-7-3-12(4-8-15)14-13-5-9-16-10-6-13/h11-14H,3-10H2,1-2H3. The van der Waals surface area contributed by atoms with Gasteiger partial charge < -0.3 is 10.2 Å². The highest BCUT2D eigenvalue weighted by Gasteiger charge is 2.23. The maximum Gasteiger partial charge on any atom is 0.00940 e. The summed E-state index contributed by atoms with van der Waals surface area (Å²) in [7, 11) is 0. The molecule has 2 nitrogen and oxygen atoms in total. The minimum Gasteiger partial charge on any atom is -0.311 e. The van der Waals surface area contributed by atoms with Gasteiger partial charge in [0, 0.05) is 18.1 Å². The zero-order chi connectivity index (χ0) is 11.4. The van der Waals surface area contributed by atoms with Crippen molar-refractivity contribution in [2.45, 2.75) is 57.7 Å². The summed E-state index contributed by atoms with van der Waals surface area (Å²) >= 11 is 2.12. The van der Waals surface area contributed by atoms with Crippen molar-refractivity contribution in [3.8, 4) is 0 Å². The SMILES string of the molecule is CC(C)N1CCC(NC2CCSCC2)CC1. The predicted octanol–water partition coefficient (Wildman–Crippen LogP) is 2.34. The second kappa shape index (κ2) is 6.27. The Morgan fingerprint density at radius 2 is 1.56 bits per heavy atom. The highest BCUT2D eigenvalue weighted by Crippen LogP contribution is 2.20. The van der Waals surface area contributed by atoms with Gasteiger partial charge in [-0.05, 0) is 64.1 Å². The lowest BCUT2D eigenvalue weighted by Gasteiger charge is -2.37. The molecule has 0 atom stereocenters. The highest BCUT2D eigenvalue weighted by molar-refractivity contribution is 7.99. The van der Waals surface area contributed by atoms with E-state index >= 15 is 0 Å². The summed E-state index contributed by atoms with van der Waals surface area (Å²) < 4.78 is 0. The van der Waals surface area contributed by atoms with E-state index in [-0.39, 0.29) is 0 Å². The number of thioether (sulfide) groups is 1. The summed E-state index contributed by atoms with van der Waals surface area (Å²) in [5.41, 5.74) is 0. The fourth-order valence-corrected chi connectivity index (χ4v) is 3.89. The van der Waals surface area contributed by atoms with Crippen LogP contribution in [-0.4, -0.2) is 47.6 Å². The minimum atomic E-state index is 0.729. The lowest BCUT2D eigenvalue weighted by atomic mass is 10.0. The molecule has 1 N–H and O–H groups in total. The molecule has 2 aliphatic rings. The Balaban J connectivity index is 1.68. The quantitative estimate of drug-likeness (QED) is 0.818. The molecular weight excluding hydrogens is 216 g/mol. The van der Waals surface area contributed by atoms with Gasteiger partial charge >= 0.3 is 0 Å².